The first kappa shape index (κ1) is 19.1. The molecule has 1 fully saturated rings. The second-order valence-corrected chi connectivity index (χ2v) is 7.62. The topological polar surface area (TPSA) is 69.8 Å². The molecular weight excluding hydrogens is 360 g/mol. The first-order chi connectivity index (χ1) is 14.2. The number of nitrogens with one attached hydrogen (secondary N) is 2. The number of rotatable bonds is 6. The Bertz CT molecular complexity index is 1050. The SMILES string of the molecule is CCCCNC(=O)Nc1ccc(-c2c(C#N)c3ccccc3n2C2CCC2)cc1. The smallest absolute Gasteiger partial charge is 0.319 e. The van der Waals surface area contributed by atoms with Crippen LogP contribution in [0.5, 0.6) is 0 Å². The molecule has 2 amide bonds. The fourth-order valence-electron chi connectivity index (χ4n) is 3.95. The monoisotopic (exact) mass is 386 g/mol. The van der Waals surface area contributed by atoms with Crippen LogP contribution in [0.25, 0.3) is 22.2 Å². The molecule has 0 unspecified atom stereocenters. The lowest BCUT2D eigenvalue weighted by Crippen LogP contribution is -2.29. The van der Waals surface area contributed by atoms with E-state index in [0.29, 0.717) is 12.6 Å². The lowest BCUT2D eigenvalue weighted by molar-refractivity contribution is 0.252. The van der Waals surface area contributed by atoms with E-state index >= 15 is 0 Å². The summed E-state index contributed by atoms with van der Waals surface area (Å²) in [6.07, 6.45) is 5.54. The van der Waals surface area contributed by atoms with Gasteiger partial charge >= 0.3 is 6.03 Å². The van der Waals surface area contributed by atoms with Gasteiger partial charge < -0.3 is 15.2 Å². The molecule has 0 bridgehead atoms. The molecule has 0 radical (unpaired) electrons. The lowest BCUT2D eigenvalue weighted by Gasteiger charge is -2.30. The zero-order chi connectivity index (χ0) is 20.2. The molecule has 0 aliphatic heterocycles. The number of carbonyl (C=O) groups excluding carboxylic acids is 1. The minimum absolute atomic E-state index is 0.188. The molecule has 1 aliphatic rings. The number of fused-ring (bicyclic) bond motifs is 1. The highest BCUT2D eigenvalue weighted by Crippen LogP contribution is 2.42. The molecule has 5 nitrogen and oxygen atoms in total. The number of hydrogen-bond donors (Lipinski definition) is 2. The molecule has 29 heavy (non-hydrogen) atoms. The normalized spacial score (nSPS) is 13.7. The Hall–Kier alpha value is -3.26. The highest BCUT2D eigenvalue weighted by molar-refractivity contribution is 5.95. The first-order valence-electron chi connectivity index (χ1n) is 10.4. The van der Waals surface area contributed by atoms with Crippen molar-refractivity contribution in [1.82, 2.24) is 9.88 Å². The predicted octanol–water partition coefficient (Wildman–Crippen LogP) is 5.83. The summed E-state index contributed by atoms with van der Waals surface area (Å²) in [5, 5.41) is 16.6. The van der Waals surface area contributed by atoms with Crippen LogP contribution in [-0.4, -0.2) is 17.1 Å². The number of para-hydroxylation sites is 1. The van der Waals surface area contributed by atoms with Crippen molar-refractivity contribution in [2.45, 2.75) is 45.1 Å². The second-order valence-electron chi connectivity index (χ2n) is 7.62. The van der Waals surface area contributed by atoms with E-state index in [-0.39, 0.29) is 6.03 Å². The maximum absolute atomic E-state index is 12.0. The second kappa shape index (κ2) is 8.40. The molecular formula is C24H26N4O. The van der Waals surface area contributed by atoms with Crippen LogP contribution in [0.3, 0.4) is 0 Å². The third-order valence-electron chi connectivity index (χ3n) is 5.69. The molecule has 1 aliphatic carbocycles. The number of aromatic nitrogens is 1. The van der Waals surface area contributed by atoms with E-state index in [1.165, 1.54) is 6.42 Å². The van der Waals surface area contributed by atoms with Gasteiger partial charge in [0.05, 0.1) is 16.8 Å². The largest absolute Gasteiger partial charge is 0.338 e. The molecule has 5 heteroatoms. The highest BCUT2D eigenvalue weighted by Gasteiger charge is 2.27. The lowest BCUT2D eigenvalue weighted by atomic mass is 9.92. The van der Waals surface area contributed by atoms with Gasteiger partial charge in [0.1, 0.15) is 6.07 Å². The van der Waals surface area contributed by atoms with Crippen molar-refractivity contribution in [2.24, 2.45) is 0 Å². The summed E-state index contributed by atoms with van der Waals surface area (Å²) in [6.45, 7) is 2.77. The molecule has 1 saturated carbocycles. The zero-order valence-electron chi connectivity index (χ0n) is 16.7. The minimum Gasteiger partial charge on any atom is -0.338 e. The number of nitrogens with zero attached hydrogens (tertiary/aromatic N) is 2. The fourth-order valence-corrected chi connectivity index (χ4v) is 3.95. The van der Waals surface area contributed by atoms with Crippen molar-refractivity contribution in [2.75, 3.05) is 11.9 Å². The number of benzene rings is 2. The molecule has 1 aromatic heterocycles. The number of anilines is 1. The van der Waals surface area contributed by atoms with E-state index < -0.39 is 0 Å². The Morgan fingerprint density at radius 1 is 1.17 bits per heavy atom. The van der Waals surface area contributed by atoms with Gasteiger partial charge in [-0.05, 0) is 49.4 Å². The van der Waals surface area contributed by atoms with Crippen LogP contribution in [-0.2, 0) is 0 Å². The predicted molar refractivity (Wildman–Crippen MR) is 117 cm³/mol. The van der Waals surface area contributed by atoms with E-state index in [0.717, 1.165) is 59.1 Å². The van der Waals surface area contributed by atoms with E-state index in [4.69, 9.17) is 0 Å². The number of amides is 2. The number of unbranched alkanes of at least 4 members (excludes halogenated alkanes) is 1. The van der Waals surface area contributed by atoms with Crippen molar-refractivity contribution in [3.8, 4) is 17.3 Å². The summed E-state index contributed by atoms with van der Waals surface area (Å²) in [5.41, 5.74) is 4.58. The van der Waals surface area contributed by atoms with Crippen LogP contribution in [0.1, 0.15) is 50.6 Å². The van der Waals surface area contributed by atoms with Crippen molar-refractivity contribution < 1.29 is 4.79 Å². The average Bonchev–Trinajstić information content (AvgIpc) is 3.02. The molecule has 4 rings (SSSR count). The number of urea groups is 1. The van der Waals surface area contributed by atoms with Crippen molar-refractivity contribution >= 4 is 22.6 Å². The zero-order valence-corrected chi connectivity index (χ0v) is 16.7. The van der Waals surface area contributed by atoms with E-state index in [1.54, 1.807) is 0 Å². The quantitative estimate of drug-likeness (QED) is 0.524. The minimum atomic E-state index is -0.188. The van der Waals surface area contributed by atoms with Crippen LogP contribution in [0.15, 0.2) is 48.5 Å². The summed E-state index contributed by atoms with van der Waals surface area (Å²) < 4.78 is 2.34. The Morgan fingerprint density at radius 2 is 1.93 bits per heavy atom. The first-order valence-corrected chi connectivity index (χ1v) is 10.4. The van der Waals surface area contributed by atoms with Crippen LogP contribution < -0.4 is 10.6 Å². The summed E-state index contributed by atoms with van der Waals surface area (Å²) in [6, 6.07) is 18.6. The molecule has 2 aromatic carbocycles. The van der Waals surface area contributed by atoms with Gasteiger partial charge in [-0.1, -0.05) is 43.7 Å². The van der Waals surface area contributed by atoms with Gasteiger partial charge in [-0.15, -0.1) is 0 Å². The molecule has 0 saturated heterocycles. The van der Waals surface area contributed by atoms with Crippen LogP contribution >= 0.6 is 0 Å². The molecule has 2 N–H and O–H groups in total. The number of carbonyl (C=O) groups is 1. The summed E-state index contributed by atoms with van der Waals surface area (Å²) >= 11 is 0. The molecule has 3 aromatic rings. The van der Waals surface area contributed by atoms with Gasteiger partial charge in [0.15, 0.2) is 0 Å². The van der Waals surface area contributed by atoms with Gasteiger partial charge in [-0.25, -0.2) is 4.79 Å². The molecule has 1 heterocycles. The van der Waals surface area contributed by atoms with E-state index in [1.807, 2.05) is 42.5 Å². The Kier molecular flexibility index (Phi) is 5.53. The molecule has 0 atom stereocenters. The Labute approximate surface area is 171 Å². The summed E-state index contributed by atoms with van der Waals surface area (Å²) in [5.74, 6) is 0. The van der Waals surface area contributed by atoms with Crippen LogP contribution in [0.4, 0.5) is 10.5 Å². The van der Waals surface area contributed by atoms with E-state index in [9.17, 15) is 10.1 Å². The maximum Gasteiger partial charge on any atom is 0.319 e. The third-order valence-corrected chi connectivity index (χ3v) is 5.69. The average molecular weight is 386 g/mol. The molecule has 0 spiro atoms. The molecule has 148 valence electrons. The number of hydrogen-bond acceptors (Lipinski definition) is 2. The summed E-state index contributed by atoms with van der Waals surface area (Å²) in [7, 11) is 0. The third kappa shape index (κ3) is 3.71. The van der Waals surface area contributed by atoms with Crippen molar-refractivity contribution in [1.29, 1.82) is 5.26 Å². The standard InChI is InChI=1S/C24H26N4O/c1-2-3-15-26-24(29)27-18-13-11-17(12-14-18)23-21(16-25)20-9-4-5-10-22(20)28(23)19-7-6-8-19/h4-5,9-14,19H,2-3,6-8,15H2,1H3,(H2,26,27,29). The Balaban J connectivity index is 1.66. The van der Waals surface area contributed by atoms with Gasteiger partial charge in [0.25, 0.3) is 0 Å². The fraction of sp³-hybridized carbons (Fsp3) is 0.333. The van der Waals surface area contributed by atoms with Crippen LogP contribution in [0, 0.1) is 11.3 Å². The Morgan fingerprint density at radius 3 is 2.59 bits per heavy atom. The van der Waals surface area contributed by atoms with Crippen LogP contribution in [0.2, 0.25) is 0 Å². The van der Waals surface area contributed by atoms with Gasteiger partial charge in [0, 0.05) is 23.7 Å². The van der Waals surface area contributed by atoms with Gasteiger partial charge in [-0.3, -0.25) is 0 Å². The van der Waals surface area contributed by atoms with Gasteiger partial charge in [-0.2, -0.15) is 5.26 Å². The maximum atomic E-state index is 12.0. The number of nitriles is 1. The summed E-state index contributed by atoms with van der Waals surface area (Å²) in [4.78, 5) is 12.0. The van der Waals surface area contributed by atoms with Crippen molar-refractivity contribution in [3.63, 3.8) is 0 Å². The van der Waals surface area contributed by atoms with E-state index in [2.05, 4.69) is 34.3 Å². The highest BCUT2D eigenvalue weighted by atomic mass is 16.2. The van der Waals surface area contributed by atoms with Gasteiger partial charge in [0.2, 0.25) is 0 Å². The van der Waals surface area contributed by atoms with Crippen molar-refractivity contribution in [3.05, 3.63) is 54.1 Å².